The molecule has 0 bridgehead atoms. The third kappa shape index (κ3) is 5.81. The number of hydrogen-bond acceptors (Lipinski definition) is 3. The molecular formula is C18H19FN2O3. The first kappa shape index (κ1) is 17.6. The van der Waals surface area contributed by atoms with E-state index >= 15 is 0 Å². The summed E-state index contributed by atoms with van der Waals surface area (Å²) < 4.78 is 18.2. The molecule has 0 saturated heterocycles. The van der Waals surface area contributed by atoms with Crippen LogP contribution in [0, 0.1) is 5.82 Å². The second-order valence-electron chi connectivity index (χ2n) is 5.33. The van der Waals surface area contributed by atoms with Crippen molar-refractivity contribution in [1.82, 2.24) is 5.32 Å². The lowest BCUT2D eigenvalue weighted by Crippen LogP contribution is -2.47. The molecule has 2 rings (SSSR count). The highest BCUT2D eigenvalue weighted by Gasteiger charge is 2.18. The van der Waals surface area contributed by atoms with Gasteiger partial charge in [-0.1, -0.05) is 42.5 Å². The van der Waals surface area contributed by atoms with Crippen molar-refractivity contribution < 1.29 is 18.7 Å². The van der Waals surface area contributed by atoms with Gasteiger partial charge in [0.1, 0.15) is 18.5 Å². The fourth-order valence-electron chi connectivity index (χ4n) is 2.15. The molecule has 0 radical (unpaired) electrons. The zero-order chi connectivity index (χ0) is 17.4. The second kappa shape index (κ2) is 8.79. The fourth-order valence-corrected chi connectivity index (χ4v) is 2.15. The van der Waals surface area contributed by atoms with Gasteiger partial charge in [0.2, 0.25) is 11.8 Å². The van der Waals surface area contributed by atoms with Gasteiger partial charge in [-0.05, 0) is 23.3 Å². The molecule has 2 amide bonds. The van der Waals surface area contributed by atoms with E-state index < -0.39 is 17.9 Å². The summed E-state index contributed by atoms with van der Waals surface area (Å²) in [4.78, 5) is 23.4. The molecule has 0 spiro atoms. The van der Waals surface area contributed by atoms with Crippen LogP contribution in [0.25, 0.3) is 0 Å². The van der Waals surface area contributed by atoms with E-state index in [1.165, 1.54) is 12.1 Å². The molecule has 0 aliphatic rings. The lowest BCUT2D eigenvalue weighted by molar-refractivity contribution is -0.130. The molecule has 24 heavy (non-hydrogen) atoms. The number of ether oxygens (including phenoxy) is 1. The lowest BCUT2D eigenvalue weighted by atomic mass is 10.1. The smallest absolute Gasteiger partial charge is 0.246 e. The molecule has 0 heterocycles. The topological polar surface area (TPSA) is 81.4 Å². The second-order valence-corrected chi connectivity index (χ2v) is 5.33. The number of nitrogens with two attached hydrogens (primary N) is 1. The van der Waals surface area contributed by atoms with Gasteiger partial charge in [0.15, 0.2) is 0 Å². The minimum atomic E-state index is -0.872. The summed E-state index contributed by atoms with van der Waals surface area (Å²) >= 11 is 0. The standard InChI is InChI=1S/C18H19FN2O3/c19-15-8-6-13(7-9-15)10-16(18(20)23)21-17(22)12-24-11-14-4-2-1-3-5-14/h1-9,16H,10-12H2,(H2,20,23)(H,21,22)/t16-/m0/s1. The van der Waals surface area contributed by atoms with Crippen LogP contribution in [-0.2, 0) is 27.4 Å². The monoisotopic (exact) mass is 330 g/mol. The van der Waals surface area contributed by atoms with Gasteiger partial charge < -0.3 is 15.8 Å². The van der Waals surface area contributed by atoms with Crippen molar-refractivity contribution >= 4 is 11.8 Å². The van der Waals surface area contributed by atoms with Gasteiger partial charge in [-0.2, -0.15) is 0 Å². The quantitative estimate of drug-likeness (QED) is 0.770. The van der Waals surface area contributed by atoms with Crippen LogP contribution in [0.3, 0.4) is 0 Å². The van der Waals surface area contributed by atoms with Crippen molar-refractivity contribution in [3.63, 3.8) is 0 Å². The molecular weight excluding hydrogens is 311 g/mol. The molecule has 5 nitrogen and oxygen atoms in total. The molecule has 2 aromatic rings. The first-order valence-electron chi connectivity index (χ1n) is 7.49. The SMILES string of the molecule is NC(=O)[C@H](Cc1ccc(F)cc1)NC(=O)COCc1ccccc1. The molecule has 0 unspecified atom stereocenters. The molecule has 0 aliphatic carbocycles. The maximum atomic E-state index is 12.9. The average molecular weight is 330 g/mol. The maximum absolute atomic E-state index is 12.9. The van der Waals surface area contributed by atoms with Crippen LogP contribution >= 0.6 is 0 Å². The van der Waals surface area contributed by atoms with Crippen molar-refractivity contribution in [2.45, 2.75) is 19.1 Å². The first-order chi connectivity index (χ1) is 11.5. The van der Waals surface area contributed by atoms with Gasteiger partial charge in [0.25, 0.3) is 0 Å². The summed E-state index contributed by atoms with van der Waals surface area (Å²) in [5, 5.41) is 2.53. The van der Waals surface area contributed by atoms with Gasteiger partial charge in [-0.3, -0.25) is 9.59 Å². The molecule has 0 fully saturated rings. The van der Waals surface area contributed by atoms with E-state index in [1.807, 2.05) is 30.3 Å². The molecule has 1 atom stereocenters. The maximum Gasteiger partial charge on any atom is 0.246 e. The molecule has 6 heteroatoms. The Hall–Kier alpha value is -2.73. The normalized spacial score (nSPS) is 11.7. The highest BCUT2D eigenvalue weighted by molar-refractivity contribution is 5.87. The van der Waals surface area contributed by atoms with E-state index in [1.54, 1.807) is 12.1 Å². The number of amides is 2. The summed E-state index contributed by atoms with van der Waals surface area (Å²) in [5.41, 5.74) is 6.96. The minimum Gasteiger partial charge on any atom is -0.368 e. The molecule has 0 aromatic heterocycles. The summed E-state index contributed by atoms with van der Waals surface area (Å²) in [6.07, 6.45) is 0.194. The van der Waals surface area contributed by atoms with Crippen LogP contribution in [0.5, 0.6) is 0 Å². The summed E-state index contributed by atoms with van der Waals surface area (Å²) in [7, 11) is 0. The highest BCUT2D eigenvalue weighted by Crippen LogP contribution is 2.06. The van der Waals surface area contributed by atoms with E-state index in [-0.39, 0.29) is 18.8 Å². The van der Waals surface area contributed by atoms with E-state index in [4.69, 9.17) is 10.5 Å². The molecule has 126 valence electrons. The van der Waals surface area contributed by atoms with Gasteiger partial charge in [-0.15, -0.1) is 0 Å². The Labute approximate surface area is 139 Å². The third-order valence-electron chi connectivity index (χ3n) is 3.38. The van der Waals surface area contributed by atoms with Crippen LogP contribution in [0.2, 0.25) is 0 Å². The number of benzene rings is 2. The van der Waals surface area contributed by atoms with Gasteiger partial charge in [-0.25, -0.2) is 4.39 Å². The van der Waals surface area contributed by atoms with E-state index in [0.717, 1.165) is 5.56 Å². The number of carbonyl (C=O) groups is 2. The van der Waals surface area contributed by atoms with Crippen molar-refractivity contribution in [2.75, 3.05) is 6.61 Å². The predicted molar refractivity (Wildman–Crippen MR) is 87.3 cm³/mol. The Morgan fingerprint density at radius 3 is 2.33 bits per heavy atom. The summed E-state index contributed by atoms with van der Waals surface area (Å²) in [6.45, 7) is 0.121. The highest BCUT2D eigenvalue weighted by atomic mass is 19.1. The molecule has 2 aromatic carbocycles. The van der Waals surface area contributed by atoms with Gasteiger partial charge in [0.05, 0.1) is 6.61 Å². The third-order valence-corrected chi connectivity index (χ3v) is 3.38. The van der Waals surface area contributed by atoms with Gasteiger partial charge >= 0.3 is 0 Å². The minimum absolute atomic E-state index is 0.178. The van der Waals surface area contributed by atoms with Crippen LogP contribution in [0.4, 0.5) is 4.39 Å². The number of nitrogens with one attached hydrogen (secondary N) is 1. The predicted octanol–water partition coefficient (Wildman–Crippen LogP) is 1.56. The largest absolute Gasteiger partial charge is 0.368 e. The van der Waals surface area contributed by atoms with Crippen molar-refractivity contribution in [1.29, 1.82) is 0 Å². The van der Waals surface area contributed by atoms with Crippen molar-refractivity contribution in [3.05, 3.63) is 71.5 Å². The Morgan fingerprint density at radius 1 is 1.04 bits per heavy atom. The number of halogens is 1. The molecule has 3 N–H and O–H groups in total. The Bertz CT molecular complexity index is 674. The zero-order valence-electron chi connectivity index (χ0n) is 13.1. The first-order valence-corrected chi connectivity index (χ1v) is 7.49. The van der Waals surface area contributed by atoms with Gasteiger partial charge in [0, 0.05) is 6.42 Å². The van der Waals surface area contributed by atoms with Crippen LogP contribution in [0.15, 0.2) is 54.6 Å². The van der Waals surface area contributed by atoms with E-state index in [0.29, 0.717) is 12.2 Å². The number of hydrogen-bond donors (Lipinski definition) is 2. The van der Waals surface area contributed by atoms with Crippen LogP contribution in [-0.4, -0.2) is 24.5 Å². The van der Waals surface area contributed by atoms with E-state index in [9.17, 15) is 14.0 Å². The summed E-state index contributed by atoms with van der Waals surface area (Å²) in [6, 6.07) is 14.2. The zero-order valence-corrected chi connectivity index (χ0v) is 13.1. The molecule has 0 aliphatic heterocycles. The van der Waals surface area contributed by atoms with Crippen LogP contribution < -0.4 is 11.1 Å². The van der Waals surface area contributed by atoms with Crippen LogP contribution in [0.1, 0.15) is 11.1 Å². The van der Waals surface area contributed by atoms with Crippen molar-refractivity contribution in [3.8, 4) is 0 Å². The number of rotatable bonds is 8. The number of primary amides is 1. The van der Waals surface area contributed by atoms with E-state index in [2.05, 4.69) is 5.32 Å². The Balaban J connectivity index is 1.82. The number of carbonyl (C=O) groups excluding carboxylic acids is 2. The average Bonchev–Trinajstić information content (AvgIpc) is 2.57. The lowest BCUT2D eigenvalue weighted by Gasteiger charge is -2.15. The van der Waals surface area contributed by atoms with Crippen molar-refractivity contribution in [2.24, 2.45) is 5.73 Å². The molecule has 0 saturated carbocycles. The Morgan fingerprint density at radius 2 is 1.71 bits per heavy atom. The summed E-state index contributed by atoms with van der Waals surface area (Å²) in [5.74, 6) is -1.46. The Kier molecular flexibility index (Phi) is 6.45. The fraction of sp³-hybridized carbons (Fsp3) is 0.222.